The number of hydrogen-bond acceptors (Lipinski definition) is 5. The molecule has 2 aliphatic rings. The quantitative estimate of drug-likeness (QED) is 0.506. The Hall–Kier alpha value is -3.52. The Labute approximate surface area is 196 Å². The minimum atomic E-state index is -0.485. The van der Waals surface area contributed by atoms with Crippen molar-refractivity contribution in [1.29, 1.82) is 0 Å². The molecule has 2 atom stereocenters. The summed E-state index contributed by atoms with van der Waals surface area (Å²) in [6.07, 6.45) is 2.47. The zero-order chi connectivity index (χ0) is 23.4. The standard InChI is InChI=1S/C26H27FN6O/c1-16-5-3-8-21(27)26(16)33-23(34)13-22-25(30-33)24(29-28-22)18-6-4-7-19(12-18)32-10-9-17-11-20(15-32)31(2)14-17/h3-8,12-13,17,20,28H,9-11,14-15H2,1-2H3. The second kappa shape index (κ2) is 8.06. The van der Waals surface area contributed by atoms with Crippen molar-refractivity contribution in [3.05, 3.63) is 70.3 Å². The summed E-state index contributed by atoms with van der Waals surface area (Å²) in [6, 6.07) is 15.1. The van der Waals surface area contributed by atoms with Crippen molar-refractivity contribution in [3.8, 4) is 16.9 Å². The van der Waals surface area contributed by atoms with Gasteiger partial charge in [0.15, 0.2) is 0 Å². The molecule has 1 N–H and O–H groups in total. The summed E-state index contributed by atoms with van der Waals surface area (Å²) in [7, 11) is 2.23. The molecule has 0 spiro atoms. The second-order valence-corrected chi connectivity index (χ2v) is 9.61. The number of para-hydroxylation sites is 1. The molecule has 7 nitrogen and oxygen atoms in total. The number of aryl methyl sites for hydroxylation is 1. The third kappa shape index (κ3) is 3.49. The summed E-state index contributed by atoms with van der Waals surface area (Å²) >= 11 is 0. The molecule has 4 aromatic rings. The van der Waals surface area contributed by atoms with E-state index in [1.165, 1.54) is 31.5 Å². The van der Waals surface area contributed by atoms with Gasteiger partial charge in [0.05, 0.1) is 5.52 Å². The first-order chi connectivity index (χ1) is 16.5. The van der Waals surface area contributed by atoms with E-state index >= 15 is 0 Å². The van der Waals surface area contributed by atoms with Crippen LogP contribution in [0.3, 0.4) is 0 Å². The molecule has 0 saturated carbocycles. The Morgan fingerprint density at radius 3 is 2.82 bits per heavy atom. The minimum absolute atomic E-state index is 0.166. The number of nitrogens with zero attached hydrogens (tertiary/aromatic N) is 5. The first-order valence-electron chi connectivity index (χ1n) is 11.8. The fourth-order valence-corrected chi connectivity index (χ4v) is 5.53. The average Bonchev–Trinajstić information content (AvgIpc) is 3.30. The summed E-state index contributed by atoms with van der Waals surface area (Å²) in [5.41, 5.74) is 4.18. The molecule has 4 heterocycles. The lowest BCUT2D eigenvalue weighted by Crippen LogP contribution is -2.39. The number of halogens is 1. The lowest BCUT2D eigenvalue weighted by Gasteiger charge is -2.31. The Morgan fingerprint density at radius 2 is 1.97 bits per heavy atom. The number of aromatic amines is 1. The Bertz CT molecular complexity index is 1420. The first-order valence-corrected chi connectivity index (χ1v) is 11.8. The molecule has 34 heavy (non-hydrogen) atoms. The molecule has 6 rings (SSSR count). The predicted molar refractivity (Wildman–Crippen MR) is 131 cm³/mol. The van der Waals surface area contributed by atoms with Crippen molar-refractivity contribution in [1.82, 2.24) is 24.9 Å². The van der Waals surface area contributed by atoms with Crippen LogP contribution in [0.25, 0.3) is 28.0 Å². The van der Waals surface area contributed by atoms with Gasteiger partial charge in [0.1, 0.15) is 22.7 Å². The molecule has 0 amide bonds. The average molecular weight is 459 g/mol. The number of anilines is 1. The highest BCUT2D eigenvalue weighted by molar-refractivity contribution is 5.89. The van der Waals surface area contributed by atoms with Crippen LogP contribution in [0, 0.1) is 18.7 Å². The van der Waals surface area contributed by atoms with E-state index in [2.05, 4.69) is 44.3 Å². The van der Waals surface area contributed by atoms with Crippen molar-refractivity contribution < 1.29 is 4.39 Å². The van der Waals surface area contributed by atoms with Gasteiger partial charge in [-0.2, -0.15) is 14.9 Å². The van der Waals surface area contributed by atoms with Crippen LogP contribution in [0.15, 0.2) is 53.3 Å². The van der Waals surface area contributed by atoms with Crippen LogP contribution in [0.2, 0.25) is 0 Å². The van der Waals surface area contributed by atoms with Gasteiger partial charge in [-0.1, -0.05) is 24.3 Å². The Kier molecular flexibility index (Phi) is 4.99. The van der Waals surface area contributed by atoms with Crippen molar-refractivity contribution in [2.24, 2.45) is 5.92 Å². The van der Waals surface area contributed by atoms with Gasteiger partial charge in [0.2, 0.25) is 0 Å². The van der Waals surface area contributed by atoms with Crippen LogP contribution in [0.5, 0.6) is 0 Å². The minimum Gasteiger partial charge on any atom is -0.370 e. The SMILES string of the molecule is Cc1cccc(F)c1-n1nc2c(-c3cccc(N4CCC5CC(C4)N(C)C5)c3)n[nH]c2cc1=O. The maximum atomic E-state index is 14.6. The Balaban J connectivity index is 1.41. The number of nitrogens with one attached hydrogen (secondary N) is 1. The van der Waals surface area contributed by atoms with E-state index in [4.69, 9.17) is 0 Å². The molecule has 2 fully saturated rings. The molecule has 8 heteroatoms. The zero-order valence-electron chi connectivity index (χ0n) is 19.3. The van der Waals surface area contributed by atoms with Crippen molar-refractivity contribution in [3.63, 3.8) is 0 Å². The number of rotatable bonds is 3. The fraction of sp³-hybridized carbons (Fsp3) is 0.346. The van der Waals surface area contributed by atoms with Gasteiger partial charge in [0, 0.05) is 43.0 Å². The fourth-order valence-electron chi connectivity index (χ4n) is 5.53. The van der Waals surface area contributed by atoms with Crippen LogP contribution < -0.4 is 10.5 Å². The first kappa shape index (κ1) is 21.0. The molecule has 2 bridgehead atoms. The van der Waals surface area contributed by atoms with Crippen LogP contribution >= 0.6 is 0 Å². The van der Waals surface area contributed by atoms with Crippen LogP contribution in [-0.4, -0.2) is 57.6 Å². The number of H-pyrrole nitrogens is 1. The van der Waals surface area contributed by atoms with Crippen LogP contribution in [0.4, 0.5) is 10.1 Å². The zero-order valence-corrected chi connectivity index (χ0v) is 19.3. The van der Waals surface area contributed by atoms with E-state index in [1.807, 2.05) is 12.1 Å². The van der Waals surface area contributed by atoms with Gasteiger partial charge in [-0.3, -0.25) is 9.89 Å². The number of likely N-dealkylation sites (tertiary alicyclic amines) is 1. The summed E-state index contributed by atoms with van der Waals surface area (Å²) in [5.74, 6) is 0.294. The molecule has 174 valence electrons. The summed E-state index contributed by atoms with van der Waals surface area (Å²) in [6.45, 7) is 5.03. The molecular weight excluding hydrogens is 431 g/mol. The van der Waals surface area contributed by atoms with Crippen molar-refractivity contribution >= 4 is 16.7 Å². The molecule has 2 aromatic carbocycles. The van der Waals surface area contributed by atoms with E-state index in [0.29, 0.717) is 28.3 Å². The summed E-state index contributed by atoms with van der Waals surface area (Å²) in [4.78, 5) is 17.7. The lowest BCUT2D eigenvalue weighted by atomic mass is 10.0. The van der Waals surface area contributed by atoms with E-state index in [1.54, 1.807) is 19.1 Å². The maximum Gasteiger partial charge on any atom is 0.273 e. The Morgan fingerprint density at radius 1 is 1.12 bits per heavy atom. The van der Waals surface area contributed by atoms with Crippen LogP contribution in [0.1, 0.15) is 18.4 Å². The topological polar surface area (TPSA) is 70.1 Å². The molecule has 2 aliphatic heterocycles. The monoisotopic (exact) mass is 458 g/mol. The van der Waals surface area contributed by atoms with Crippen molar-refractivity contribution in [2.75, 3.05) is 31.6 Å². The van der Waals surface area contributed by atoms with Gasteiger partial charge < -0.3 is 9.80 Å². The summed E-state index contributed by atoms with van der Waals surface area (Å²) < 4.78 is 15.8. The van der Waals surface area contributed by atoms with E-state index < -0.39 is 11.4 Å². The number of hydrogen-bond donors (Lipinski definition) is 1. The predicted octanol–water partition coefficient (Wildman–Crippen LogP) is 3.75. The summed E-state index contributed by atoms with van der Waals surface area (Å²) in [5, 5.41) is 12.0. The molecular formula is C26H27FN6O. The van der Waals surface area contributed by atoms with Gasteiger partial charge in [0.25, 0.3) is 5.56 Å². The largest absolute Gasteiger partial charge is 0.370 e. The molecule has 2 unspecified atom stereocenters. The van der Waals surface area contributed by atoms with Crippen molar-refractivity contribution in [2.45, 2.75) is 25.8 Å². The third-order valence-corrected chi connectivity index (χ3v) is 7.34. The highest BCUT2D eigenvalue weighted by Gasteiger charge is 2.34. The third-order valence-electron chi connectivity index (χ3n) is 7.34. The molecule has 2 aromatic heterocycles. The number of benzene rings is 2. The number of likely N-dealkylation sites (N-methyl/N-ethyl adjacent to an activating group) is 1. The second-order valence-electron chi connectivity index (χ2n) is 9.61. The molecule has 0 aliphatic carbocycles. The van der Waals surface area contributed by atoms with E-state index in [9.17, 15) is 9.18 Å². The molecule has 0 radical (unpaired) electrons. The maximum absolute atomic E-state index is 14.6. The lowest BCUT2D eigenvalue weighted by molar-refractivity contribution is 0.299. The smallest absolute Gasteiger partial charge is 0.273 e. The molecule has 2 saturated heterocycles. The van der Waals surface area contributed by atoms with Gasteiger partial charge in [-0.15, -0.1) is 0 Å². The highest BCUT2D eigenvalue weighted by Crippen LogP contribution is 2.33. The van der Waals surface area contributed by atoms with Gasteiger partial charge in [-0.25, -0.2) is 4.39 Å². The van der Waals surface area contributed by atoms with Crippen LogP contribution in [-0.2, 0) is 0 Å². The number of fused-ring (bicyclic) bond motifs is 3. The van der Waals surface area contributed by atoms with E-state index in [-0.39, 0.29) is 5.69 Å². The number of aromatic nitrogens is 4. The van der Waals surface area contributed by atoms with Gasteiger partial charge in [-0.05, 0) is 56.5 Å². The normalized spacial score (nSPS) is 20.7. The van der Waals surface area contributed by atoms with E-state index in [0.717, 1.165) is 34.9 Å². The van der Waals surface area contributed by atoms with Gasteiger partial charge >= 0.3 is 0 Å². The highest BCUT2D eigenvalue weighted by atomic mass is 19.1.